The maximum atomic E-state index is 12.0. The number of hydrogen-bond acceptors (Lipinski definition) is 6. The summed E-state index contributed by atoms with van der Waals surface area (Å²) in [6.07, 6.45) is 1.73. The second-order valence-electron chi connectivity index (χ2n) is 5.92. The second-order valence-corrected chi connectivity index (χ2v) is 6.90. The number of rotatable bonds is 6. The summed E-state index contributed by atoms with van der Waals surface area (Å²) in [5.41, 5.74) is 3.73. The number of thioether (sulfide) groups is 1. The Morgan fingerprint density at radius 1 is 1.38 bits per heavy atom. The van der Waals surface area contributed by atoms with Crippen LogP contribution >= 0.6 is 11.8 Å². The number of amides is 1. The quantitative estimate of drug-likeness (QED) is 0.863. The van der Waals surface area contributed by atoms with Crippen LogP contribution in [0.2, 0.25) is 0 Å². The molecule has 1 aliphatic heterocycles. The van der Waals surface area contributed by atoms with Crippen LogP contribution in [0, 0.1) is 13.8 Å². The molecule has 1 fully saturated rings. The first-order valence-corrected chi connectivity index (χ1v) is 9.16. The SMILES string of the molecule is Cc1ccc(C)c(CSCC(=O)Nc2nnc(C3CCCO3)o2)c1. The molecule has 24 heavy (non-hydrogen) atoms. The maximum Gasteiger partial charge on any atom is 0.322 e. The third-order valence-corrected chi connectivity index (χ3v) is 4.87. The van der Waals surface area contributed by atoms with Crippen LogP contribution in [0.1, 0.15) is 41.5 Å². The van der Waals surface area contributed by atoms with E-state index in [0.29, 0.717) is 18.3 Å². The fourth-order valence-electron chi connectivity index (χ4n) is 2.55. The zero-order chi connectivity index (χ0) is 16.9. The van der Waals surface area contributed by atoms with E-state index < -0.39 is 0 Å². The lowest BCUT2D eigenvalue weighted by atomic mass is 10.1. The van der Waals surface area contributed by atoms with E-state index >= 15 is 0 Å². The highest BCUT2D eigenvalue weighted by atomic mass is 32.2. The molecule has 1 aromatic carbocycles. The number of benzene rings is 1. The largest absolute Gasteiger partial charge is 0.405 e. The van der Waals surface area contributed by atoms with Gasteiger partial charge in [-0.1, -0.05) is 28.9 Å². The number of hydrogen-bond donors (Lipinski definition) is 1. The minimum absolute atomic E-state index is 0.137. The molecular weight excluding hydrogens is 326 g/mol. The lowest BCUT2D eigenvalue weighted by Gasteiger charge is -2.06. The molecule has 128 valence electrons. The topological polar surface area (TPSA) is 77.2 Å². The van der Waals surface area contributed by atoms with Crippen molar-refractivity contribution in [2.75, 3.05) is 17.7 Å². The van der Waals surface area contributed by atoms with Gasteiger partial charge in [-0.3, -0.25) is 10.1 Å². The van der Waals surface area contributed by atoms with Crippen molar-refractivity contribution in [3.8, 4) is 0 Å². The van der Waals surface area contributed by atoms with Crippen LogP contribution in [0.25, 0.3) is 0 Å². The fourth-order valence-corrected chi connectivity index (χ4v) is 3.44. The first-order chi connectivity index (χ1) is 11.6. The number of aromatic nitrogens is 2. The molecule has 1 atom stereocenters. The molecule has 1 aliphatic rings. The average Bonchev–Trinajstić information content (AvgIpc) is 3.21. The number of carbonyl (C=O) groups is 1. The van der Waals surface area contributed by atoms with Gasteiger partial charge in [0.05, 0.1) is 5.75 Å². The van der Waals surface area contributed by atoms with E-state index in [1.807, 2.05) is 0 Å². The molecular formula is C17H21N3O3S. The van der Waals surface area contributed by atoms with Crippen molar-refractivity contribution < 1.29 is 13.9 Å². The Kier molecular flexibility index (Phi) is 5.52. The van der Waals surface area contributed by atoms with E-state index in [1.54, 1.807) is 11.8 Å². The van der Waals surface area contributed by atoms with Gasteiger partial charge in [-0.05, 0) is 37.8 Å². The van der Waals surface area contributed by atoms with Gasteiger partial charge >= 0.3 is 6.01 Å². The van der Waals surface area contributed by atoms with Crippen molar-refractivity contribution in [3.63, 3.8) is 0 Å². The first kappa shape index (κ1) is 17.0. The van der Waals surface area contributed by atoms with Crippen LogP contribution in [0.15, 0.2) is 22.6 Å². The number of nitrogens with zero attached hydrogens (tertiary/aromatic N) is 2. The van der Waals surface area contributed by atoms with Gasteiger partial charge in [0.25, 0.3) is 0 Å². The number of anilines is 1. The van der Waals surface area contributed by atoms with E-state index in [4.69, 9.17) is 9.15 Å². The molecule has 0 spiro atoms. The maximum absolute atomic E-state index is 12.0. The number of ether oxygens (including phenoxy) is 1. The fraction of sp³-hybridized carbons (Fsp3) is 0.471. The Morgan fingerprint density at radius 2 is 2.25 bits per heavy atom. The average molecular weight is 347 g/mol. The number of aryl methyl sites for hydroxylation is 2. The van der Waals surface area contributed by atoms with Crippen molar-refractivity contribution in [1.29, 1.82) is 0 Å². The molecule has 1 N–H and O–H groups in total. The van der Waals surface area contributed by atoms with Crippen LogP contribution in [-0.4, -0.2) is 28.5 Å². The van der Waals surface area contributed by atoms with E-state index in [-0.39, 0.29) is 18.0 Å². The summed E-state index contributed by atoms with van der Waals surface area (Å²) >= 11 is 1.56. The van der Waals surface area contributed by atoms with Crippen LogP contribution in [0.3, 0.4) is 0 Å². The highest BCUT2D eigenvalue weighted by Crippen LogP contribution is 2.28. The summed E-state index contributed by atoms with van der Waals surface area (Å²) in [4.78, 5) is 12.0. The summed E-state index contributed by atoms with van der Waals surface area (Å²) in [6, 6.07) is 6.50. The third kappa shape index (κ3) is 4.36. The van der Waals surface area contributed by atoms with E-state index in [9.17, 15) is 4.79 Å². The lowest BCUT2D eigenvalue weighted by Crippen LogP contribution is -2.14. The molecule has 2 aromatic rings. The predicted octanol–water partition coefficient (Wildman–Crippen LogP) is 3.41. The molecule has 0 bridgehead atoms. The van der Waals surface area contributed by atoms with Crippen LogP contribution in [0.5, 0.6) is 0 Å². The van der Waals surface area contributed by atoms with Crippen molar-refractivity contribution in [2.45, 2.75) is 38.5 Å². The van der Waals surface area contributed by atoms with Crippen LogP contribution in [-0.2, 0) is 15.3 Å². The highest BCUT2D eigenvalue weighted by molar-refractivity contribution is 7.99. The predicted molar refractivity (Wildman–Crippen MR) is 92.9 cm³/mol. The first-order valence-electron chi connectivity index (χ1n) is 8.00. The lowest BCUT2D eigenvalue weighted by molar-refractivity contribution is -0.113. The molecule has 7 heteroatoms. The van der Waals surface area contributed by atoms with Crippen molar-refractivity contribution in [1.82, 2.24) is 10.2 Å². The van der Waals surface area contributed by atoms with Gasteiger partial charge in [0.1, 0.15) is 6.10 Å². The summed E-state index contributed by atoms with van der Waals surface area (Å²) in [7, 11) is 0. The highest BCUT2D eigenvalue weighted by Gasteiger charge is 2.24. The molecule has 6 nitrogen and oxygen atoms in total. The summed E-state index contributed by atoms with van der Waals surface area (Å²) in [6.45, 7) is 4.87. The standard InChI is InChI=1S/C17H21N3O3S/c1-11-5-6-12(2)13(8-11)9-24-10-15(21)18-17-20-19-16(23-17)14-4-3-7-22-14/h5-6,8,14H,3-4,7,9-10H2,1-2H3,(H,18,20,21). The number of carbonyl (C=O) groups excluding carboxylic acids is 1. The molecule has 1 saturated heterocycles. The molecule has 0 radical (unpaired) electrons. The van der Waals surface area contributed by atoms with Crippen LogP contribution in [0.4, 0.5) is 6.01 Å². The molecule has 0 aliphatic carbocycles. The van der Waals surface area contributed by atoms with Crippen LogP contribution < -0.4 is 5.32 Å². The third-order valence-electron chi connectivity index (χ3n) is 3.89. The Balaban J connectivity index is 1.46. The molecule has 0 saturated carbocycles. The number of nitrogens with one attached hydrogen (secondary N) is 1. The molecule has 1 unspecified atom stereocenters. The zero-order valence-corrected chi connectivity index (χ0v) is 14.7. The van der Waals surface area contributed by atoms with E-state index in [1.165, 1.54) is 16.7 Å². The second kappa shape index (κ2) is 7.81. The minimum Gasteiger partial charge on any atom is -0.405 e. The van der Waals surface area contributed by atoms with E-state index in [0.717, 1.165) is 18.6 Å². The van der Waals surface area contributed by atoms with Gasteiger partial charge in [-0.25, -0.2) is 0 Å². The smallest absolute Gasteiger partial charge is 0.322 e. The normalized spacial score (nSPS) is 17.2. The summed E-state index contributed by atoms with van der Waals surface area (Å²) in [5, 5.41) is 10.4. The minimum atomic E-state index is -0.146. The van der Waals surface area contributed by atoms with Gasteiger partial charge in [0.15, 0.2) is 0 Å². The van der Waals surface area contributed by atoms with Gasteiger partial charge < -0.3 is 9.15 Å². The Labute approximate surface area is 145 Å². The van der Waals surface area contributed by atoms with Gasteiger partial charge in [0.2, 0.25) is 11.8 Å². The molecule has 1 aromatic heterocycles. The summed E-state index contributed by atoms with van der Waals surface area (Å²) in [5.74, 6) is 1.43. The Bertz CT molecular complexity index is 711. The van der Waals surface area contributed by atoms with Crippen molar-refractivity contribution in [3.05, 3.63) is 40.8 Å². The van der Waals surface area contributed by atoms with Gasteiger partial charge in [-0.15, -0.1) is 16.9 Å². The zero-order valence-electron chi connectivity index (χ0n) is 13.9. The summed E-state index contributed by atoms with van der Waals surface area (Å²) < 4.78 is 10.9. The molecule has 2 heterocycles. The van der Waals surface area contributed by atoms with Gasteiger partial charge in [0, 0.05) is 12.4 Å². The van der Waals surface area contributed by atoms with Crippen molar-refractivity contribution >= 4 is 23.7 Å². The monoisotopic (exact) mass is 347 g/mol. The Hall–Kier alpha value is -1.86. The molecule has 1 amide bonds. The van der Waals surface area contributed by atoms with Gasteiger partial charge in [-0.2, -0.15) is 0 Å². The Morgan fingerprint density at radius 3 is 3.04 bits per heavy atom. The molecule has 3 rings (SSSR count). The van der Waals surface area contributed by atoms with E-state index in [2.05, 4.69) is 47.6 Å². The van der Waals surface area contributed by atoms with Crippen molar-refractivity contribution in [2.24, 2.45) is 0 Å².